The van der Waals surface area contributed by atoms with Crippen LogP contribution in [-0.2, 0) is 29.0 Å². The van der Waals surface area contributed by atoms with Crippen molar-refractivity contribution < 1.29 is 14.0 Å². The Balaban J connectivity index is 1.89. The fourth-order valence-corrected chi connectivity index (χ4v) is 3.88. The number of carbonyl (C=O) groups excluding carboxylic acids is 2. The maximum atomic E-state index is 14.6. The Morgan fingerprint density at radius 3 is 2.26 bits per heavy atom. The van der Waals surface area contributed by atoms with E-state index in [-0.39, 0.29) is 30.6 Å². The second-order valence-corrected chi connectivity index (χ2v) is 8.60. The smallest absolute Gasteiger partial charge is 0.243 e. The summed E-state index contributed by atoms with van der Waals surface area (Å²) in [5, 5.41) is 2.94. The summed E-state index contributed by atoms with van der Waals surface area (Å²) in [5.74, 6) is -0.770. The Morgan fingerprint density at radius 2 is 1.59 bits per heavy atom. The van der Waals surface area contributed by atoms with Crippen molar-refractivity contribution in [1.29, 1.82) is 0 Å². The molecule has 0 saturated carbocycles. The normalized spacial score (nSPS) is 11.6. The van der Waals surface area contributed by atoms with Crippen LogP contribution in [0.5, 0.6) is 0 Å². The van der Waals surface area contributed by atoms with Gasteiger partial charge in [-0.15, -0.1) is 0 Å². The average molecular weight is 461 g/mol. The van der Waals surface area contributed by atoms with E-state index >= 15 is 0 Å². The lowest BCUT2D eigenvalue weighted by Crippen LogP contribution is -2.50. The topological polar surface area (TPSA) is 49.4 Å². The van der Waals surface area contributed by atoms with E-state index in [4.69, 9.17) is 0 Å². The lowest BCUT2D eigenvalue weighted by molar-refractivity contribution is -0.141. The predicted octanol–water partition coefficient (Wildman–Crippen LogP) is 5.23. The minimum absolute atomic E-state index is 0.0381. The molecule has 0 unspecified atom stereocenters. The Morgan fingerprint density at radius 1 is 0.912 bits per heavy atom. The van der Waals surface area contributed by atoms with Crippen LogP contribution in [0, 0.1) is 12.7 Å². The molecule has 1 N–H and O–H groups in total. The molecule has 34 heavy (non-hydrogen) atoms. The molecule has 0 radical (unpaired) electrons. The molecule has 5 heteroatoms. The van der Waals surface area contributed by atoms with Gasteiger partial charge in [0.1, 0.15) is 11.9 Å². The monoisotopic (exact) mass is 460 g/mol. The van der Waals surface area contributed by atoms with E-state index in [1.807, 2.05) is 68.4 Å². The fourth-order valence-electron chi connectivity index (χ4n) is 3.88. The largest absolute Gasteiger partial charge is 0.354 e. The molecule has 0 spiro atoms. The molecule has 1 atom stereocenters. The number of nitrogens with one attached hydrogen (secondary N) is 1. The molecular formula is C29H33FN2O2. The maximum Gasteiger partial charge on any atom is 0.243 e. The van der Waals surface area contributed by atoms with Crippen molar-refractivity contribution in [2.45, 2.75) is 52.1 Å². The molecule has 0 aliphatic heterocycles. The van der Waals surface area contributed by atoms with Crippen LogP contribution in [0.1, 0.15) is 42.0 Å². The first kappa shape index (κ1) is 25.2. The van der Waals surface area contributed by atoms with E-state index < -0.39 is 6.04 Å². The highest BCUT2D eigenvalue weighted by Crippen LogP contribution is 2.18. The van der Waals surface area contributed by atoms with Crippen molar-refractivity contribution >= 4 is 11.8 Å². The number of rotatable bonds is 11. The summed E-state index contributed by atoms with van der Waals surface area (Å²) >= 11 is 0. The molecule has 0 bridgehead atoms. The second-order valence-electron chi connectivity index (χ2n) is 8.60. The summed E-state index contributed by atoms with van der Waals surface area (Å²) in [7, 11) is 0. The first-order valence-electron chi connectivity index (χ1n) is 11.9. The SMILES string of the molecule is CCCNC(=O)[C@@H](Cc1ccccc1)N(Cc1ccccc1F)C(=O)CCc1ccc(C)cc1. The van der Waals surface area contributed by atoms with Crippen LogP contribution >= 0.6 is 0 Å². The van der Waals surface area contributed by atoms with Crippen molar-refractivity contribution in [2.75, 3.05) is 6.54 Å². The quantitative estimate of drug-likeness (QED) is 0.426. The van der Waals surface area contributed by atoms with Crippen LogP contribution in [0.4, 0.5) is 4.39 Å². The highest BCUT2D eigenvalue weighted by atomic mass is 19.1. The number of hydrogen-bond acceptors (Lipinski definition) is 2. The van der Waals surface area contributed by atoms with Gasteiger partial charge in [-0.1, -0.05) is 85.3 Å². The van der Waals surface area contributed by atoms with Crippen LogP contribution in [0.15, 0.2) is 78.9 Å². The lowest BCUT2D eigenvalue weighted by Gasteiger charge is -2.31. The first-order chi connectivity index (χ1) is 16.5. The minimum Gasteiger partial charge on any atom is -0.354 e. The van der Waals surface area contributed by atoms with Crippen LogP contribution in [0.25, 0.3) is 0 Å². The summed E-state index contributed by atoms with van der Waals surface area (Å²) in [4.78, 5) is 28.3. The van der Waals surface area contributed by atoms with Gasteiger partial charge >= 0.3 is 0 Å². The fraction of sp³-hybridized carbons (Fsp3) is 0.310. The molecule has 0 aliphatic carbocycles. The minimum atomic E-state index is -0.737. The molecule has 0 heterocycles. The zero-order valence-corrected chi connectivity index (χ0v) is 20.0. The molecular weight excluding hydrogens is 427 g/mol. The van der Waals surface area contributed by atoms with Gasteiger partial charge in [0, 0.05) is 31.5 Å². The van der Waals surface area contributed by atoms with E-state index in [0.29, 0.717) is 24.9 Å². The van der Waals surface area contributed by atoms with Gasteiger partial charge in [0.15, 0.2) is 0 Å². The number of aryl methyl sites for hydroxylation is 2. The van der Waals surface area contributed by atoms with Gasteiger partial charge in [0.2, 0.25) is 11.8 Å². The van der Waals surface area contributed by atoms with Crippen molar-refractivity contribution in [1.82, 2.24) is 10.2 Å². The summed E-state index contributed by atoms with van der Waals surface area (Å²) in [6, 6.07) is 23.4. The summed E-state index contributed by atoms with van der Waals surface area (Å²) in [6.45, 7) is 4.57. The number of amides is 2. The number of nitrogens with zero attached hydrogens (tertiary/aromatic N) is 1. The zero-order chi connectivity index (χ0) is 24.3. The molecule has 0 fully saturated rings. The van der Waals surface area contributed by atoms with Crippen LogP contribution in [-0.4, -0.2) is 29.3 Å². The molecule has 0 aliphatic rings. The maximum absolute atomic E-state index is 14.6. The van der Waals surface area contributed by atoms with Crippen molar-refractivity contribution in [3.8, 4) is 0 Å². The van der Waals surface area contributed by atoms with Gasteiger partial charge in [-0.05, 0) is 37.0 Å². The van der Waals surface area contributed by atoms with Crippen LogP contribution < -0.4 is 5.32 Å². The summed E-state index contributed by atoms with van der Waals surface area (Å²) < 4.78 is 14.6. The summed E-state index contributed by atoms with van der Waals surface area (Å²) in [6.07, 6.45) is 1.95. The molecule has 3 rings (SSSR count). The van der Waals surface area contributed by atoms with Gasteiger partial charge < -0.3 is 10.2 Å². The zero-order valence-electron chi connectivity index (χ0n) is 20.0. The van der Waals surface area contributed by atoms with Gasteiger partial charge in [-0.3, -0.25) is 9.59 Å². The molecule has 4 nitrogen and oxygen atoms in total. The summed E-state index contributed by atoms with van der Waals surface area (Å²) in [5.41, 5.74) is 3.56. The molecule has 2 amide bonds. The van der Waals surface area contributed by atoms with E-state index in [1.54, 1.807) is 23.1 Å². The Hall–Kier alpha value is -3.47. The van der Waals surface area contributed by atoms with Gasteiger partial charge in [0.25, 0.3) is 0 Å². The third-order valence-corrected chi connectivity index (χ3v) is 5.87. The Kier molecular flexibility index (Phi) is 9.39. The average Bonchev–Trinajstić information content (AvgIpc) is 2.85. The molecule has 0 saturated heterocycles. The third kappa shape index (κ3) is 7.27. The van der Waals surface area contributed by atoms with Crippen LogP contribution in [0.2, 0.25) is 0 Å². The first-order valence-corrected chi connectivity index (χ1v) is 11.9. The Bertz CT molecular complexity index is 1070. The number of benzene rings is 3. The molecule has 0 aromatic heterocycles. The molecule has 178 valence electrons. The van der Waals surface area contributed by atoms with E-state index in [1.165, 1.54) is 6.07 Å². The highest BCUT2D eigenvalue weighted by molar-refractivity contribution is 5.88. The van der Waals surface area contributed by atoms with Gasteiger partial charge in [0.05, 0.1) is 0 Å². The second kappa shape index (κ2) is 12.7. The van der Waals surface area contributed by atoms with E-state index in [2.05, 4.69) is 5.32 Å². The van der Waals surface area contributed by atoms with E-state index in [0.717, 1.165) is 23.1 Å². The molecule has 3 aromatic rings. The van der Waals surface area contributed by atoms with Gasteiger partial charge in [-0.25, -0.2) is 4.39 Å². The van der Waals surface area contributed by atoms with Crippen molar-refractivity contribution in [3.05, 3.63) is 107 Å². The number of halogens is 1. The number of carbonyl (C=O) groups is 2. The van der Waals surface area contributed by atoms with Gasteiger partial charge in [-0.2, -0.15) is 0 Å². The molecule has 3 aromatic carbocycles. The van der Waals surface area contributed by atoms with Crippen molar-refractivity contribution in [3.63, 3.8) is 0 Å². The standard InChI is InChI=1S/C29H33FN2O2/c1-3-19-31-29(34)27(20-24-9-5-4-6-10-24)32(21-25-11-7-8-12-26(25)30)28(33)18-17-23-15-13-22(2)14-16-23/h4-16,27H,3,17-21H2,1-2H3,(H,31,34)/t27-/m1/s1. The highest BCUT2D eigenvalue weighted by Gasteiger charge is 2.30. The van der Waals surface area contributed by atoms with Crippen molar-refractivity contribution in [2.24, 2.45) is 0 Å². The predicted molar refractivity (Wildman–Crippen MR) is 134 cm³/mol. The van der Waals surface area contributed by atoms with E-state index in [9.17, 15) is 14.0 Å². The Labute approximate surface area is 201 Å². The third-order valence-electron chi connectivity index (χ3n) is 5.87. The van der Waals surface area contributed by atoms with Crippen LogP contribution in [0.3, 0.4) is 0 Å². The number of hydrogen-bond donors (Lipinski definition) is 1. The lowest BCUT2D eigenvalue weighted by atomic mass is 10.0.